The average molecular weight is 463 g/mol. The van der Waals surface area contributed by atoms with Gasteiger partial charge < -0.3 is 19.7 Å². The van der Waals surface area contributed by atoms with E-state index < -0.39 is 36.4 Å². The van der Waals surface area contributed by atoms with Crippen LogP contribution in [0.5, 0.6) is 0 Å². The molecule has 0 aliphatic carbocycles. The van der Waals surface area contributed by atoms with Gasteiger partial charge in [-0.05, 0) is 13.3 Å². The summed E-state index contributed by atoms with van der Waals surface area (Å²) in [5.74, 6) is -1.51. The number of carbonyl (C=O) groups excluding carboxylic acids is 1. The van der Waals surface area contributed by atoms with Crippen molar-refractivity contribution >= 4 is 17.1 Å². The number of ether oxygens (including phenoxy) is 2. The average Bonchev–Trinajstić information content (AvgIpc) is 3.32. The lowest BCUT2D eigenvalue weighted by Gasteiger charge is -2.26. The fourth-order valence-corrected chi connectivity index (χ4v) is 3.95. The van der Waals surface area contributed by atoms with E-state index in [9.17, 15) is 15.0 Å². The van der Waals surface area contributed by atoms with Crippen LogP contribution in [0.4, 0.5) is 4.39 Å². The van der Waals surface area contributed by atoms with Gasteiger partial charge in [-0.2, -0.15) is 0 Å². The van der Waals surface area contributed by atoms with E-state index >= 15 is 4.39 Å². The maximum Gasteiger partial charge on any atom is 0.305 e. The quantitative estimate of drug-likeness (QED) is 0.297. The van der Waals surface area contributed by atoms with E-state index in [1.54, 1.807) is 6.92 Å². The maximum absolute atomic E-state index is 15.6. The van der Waals surface area contributed by atoms with Crippen LogP contribution in [0, 0.1) is 19.3 Å². The molecule has 10 heteroatoms. The minimum Gasteiger partial charge on any atom is -0.459 e. The predicted molar refractivity (Wildman–Crippen MR) is 117 cm³/mol. The largest absolute Gasteiger partial charge is 0.459 e. The second-order valence-corrected chi connectivity index (χ2v) is 8.44. The highest BCUT2D eigenvalue weighted by atomic mass is 19.2. The third-order valence-electron chi connectivity index (χ3n) is 5.95. The Kier molecular flexibility index (Phi) is 8.00. The molecule has 4 atom stereocenters. The first-order chi connectivity index (χ1) is 15.8. The second-order valence-electron chi connectivity index (χ2n) is 8.44. The van der Waals surface area contributed by atoms with E-state index in [2.05, 4.69) is 21.9 Å². The Balaban J connectivity index is 1.63. The van der Waals surface area contributed by atoms with E-state index in [1.165, 1.54) is 36.5 Å². The van der Waals surface area contributed by atoms with E-state index in [4.69, 9.17) is 15.9 Å². The maximum atomic E-state index is 15.6. The molecular weight excluding hydrogens is 431 g/mol. The molecule has 0 unspecified atom stereocenters. The van der Waals surface area contributed by atoms with Crippen molar-refractivity contribution in [3.05, 3.63) is 18.3 Å². The molecule has 9 nitrogen and oxygen atoms in total. The number of aryl methyl sites for hydroxylation is 1. The van der Waals surface area contributed by atoms with E-state index in [0.717, 1.165) is 19.3 Å². The highest BCUT2D eigenvalue weighted by Gasteiger charge is 2.65. The number of halogens is 1. The summed E-state index contributed by atoms with van der Waals surface area (Å²) in [5.41, 5.74) is -1.24. The molecule has 2 N–H and O–H groups in total. The van der Waals surface area contributed by atoms with Crippen molar-refractivity contribution in [1.29, 1.82) is 0 Å². The number of aliphatic hydroxyl groups is 2. The minimum absolute atomic E-state index is 0.130. The molecule has 0 bridgehead atoms. The Morgan fingerprint density at radius 1 is 1.27 bits per heavy atom. The zero-order valence-electron chi connectivity index (χ0n) is 19.0. The topological polar surface area (TPSA) is 120 Å². The van der Waals surface area contributed by atoms with Crippen LogP contribution >= 0.6 is 0 Å². The van der Waals surface area contributed by atoms with Gasteiger partial charge in [-0.3, -0.25) is 9.36 Å². The summed E-state index contributed by atoms with van der Waals surface area (Å²) in [6, 6.07) is 0. The number of aliphatic hydroxyl groups excluding tert-OH is 1. The van der Waals surface area contributed by atoms with Gasteiger partial charge in [0.25, 0.3) is 5.85 Å². The minimum atomic E-state index is -2.92. The lowest BCUT2D eigenvalue weighted by Crippen LogP contribution is -2.50. The molecule has 180 valence electrons. The Labute approximate surface area is 192 Å². The molecule has 1 aliphatic heterocycles. The van der Waals surface area contributed by atoms with Gasteiger partial charge in [0.05, 0.1) is 12.0 Å². The molecule has 0 saturated carbocycles. The number of nitrogens with zero attached hydrogens (tertiary/aromatic N) is 4. The first-order valence-corrected chi connectivity index (χ1v) is 11.3. The van der Waals surface area contributed by atoms with E-state index in [1.807, 2.05) is 5.92 Å². The molecule has 1 fully saturated rings. The number of carbonyl (C=O) groups is 1. The zero-order chi connectivity index (χ0) is 24.1. The van der Waals surface area contributed by atoms with Gasteiger partial charge in [0, 0.05) is 6.42 Å². The number of terminal acetylenes is 1. The SMILES string of the molecule is C#C[C@]1(O)[C@H](n2cnc3c(C)ncnc32)O[C@](F)(COC(=O)CCCCCCCCC)[C@H]1O. The van der Waals surface area contributed by atoms with Gasteiger partial charge in [0.1, 0.15) is 11.8 Å². The van der Waals surface area contributed by atoms with Crippen LogP contribution in [0.1, 0.15) is 70.2 Å². The second kappa shape index (κ2) is 10.5. The number of esters is 1. The van der Waals surface area contributed by atoms with Crippen molar-refractivity contribution in [2.45, 2.75) is 89.0 Å². The highest BCUT2D eigenvalue weighted by molar-refractivity contribution is 5.73. The number of unbranched alkanes of at least 4 members (excludes halogenated alkanes) is 6. The predicted octanol–water partition coefficient (Wildman–Crippen LogP) is 2.74. The normalized spacial score (nSPS) is 27.0. The first-order valence-electron chi connectivity index (χ1n) is 11.3. The molecule has 1 aliphatic rings. The highest BCUT2D eigenvalue weighted by Crippen LogP contribution is 2.46. The van der Waals surface area contributed by atoms with Crippen LogP contribution in [0.3, 0.4) is 0 Å². The Hall–Kier alpha value is -2.61. The number of aromatic nitrogens is 4. The van der Waals surface area contributed by atoms with Crippen LogP contribution in [0.25, 0.3) is 11.2 Å². The molecule has 0 radical (unpaired) electrons. The number of hydrogen-bond donors (Lipinski definition) is 2. The van der Waals surface area contributed by atoms with Crippen molar-refractivity contribution in [3.63, 3.8) is 0 Å². The number of alkyl halides is 1. The summed E-state index contributed by atoms with van der Waals surface area (Å²) in [7, 11) is 0. The first kappa shape index (κ1) is 25.0. The van der Waals surface area contributed by atoms with Crippen LogP contribution in [-0.4, -0.2) is 59.9 Å². The van der Waals surface area contributed by atoms with Crippen molar-refractivity contribution < 1.29 is 28.9 Å². The van der Waals surface area contributed by atoms with Crippen LogP contribution in [0.15, 0.2) is 12.7 Å². The van der Waals surface area contributed by atoms with Crippen molar-refractivity contribution in [1.82, 2.24) is 19.5 Å². The summed E-state index contributed by atoms with van der Waals surface area (Å²) in [5, 5.41) is 21.5. The van der Waals surface area contributed by atoms with Gasteiger partial charge in [-0.1, -0.05) is 51.4 Å². The van der Waals surface area contributed by atoms with Crippen molar-refractivity contribution in [2.75, 3.05) is 6.61 Å². The van der Waals surface area contributed by atoms with Crippen molar-refractivity contribution in [2.24, 2.45) is 0 Å². The lowest BCUT2D eigenvalue weighted by molar-refractivity contribution is -0.216. The number of rotatable bonds is 11. The molecule has 33 heavy (non-hydrogen) atoms. The molecule has 2 aromatic heterocycles. The molecule has 0 spiro atoms. The molecule has 3 rings (SSSR count). The van der Waals surface area contributed by atoms with Gasteiger partial charge >= 0.3 is 5.97 Å². The summed E-state index contributed by atoms with van der Waals surface area (Å²) >= 11 is 0. The monoisotopic (exact) mass is 462 g/mol. The number of imidazole rings is 1. The lowest BCUT2D eigenvalue weighted by atomic mass is 9.94. The summed E-state index contributed by atoms with van der Waals surface area (Å²) in [6.45, 7) is 2.95. The fourth-order valence-electron chi connectivity index (χ4n) is 3.95. The van der Waals surface area contributed by atoms with Gasteiger partial charge in [0.15, 0.2) is 24.6 Å². The molecule has 1 saturated heterocycles. The molecule has 0 aromatic carbocycles. The molecular formula is C23H31FN4O5. The van der Waals surface area contributed by atoms with Crippen LogP contribution in [-0.2, 0) is 14.3 Å². The van der Waals surface area contributed by atoms with Gasteiger partial charge in [-0.25, -0.2) is 19.3 Å². The Morgan fingerprint density at radius 2 is 1.97 bits per heavy atom. The third-order valence-corrected chi connectivity index (χ3v) is 5.95. The Morgan fingerprint density at radius 3 is 2.67 bits per heavy atom. The molecule has 3 heterocycles. The number of fused-ring (bicyclic) bond motifs is 1. The smallest absolute Gasteiger partial charge is 0.305 e. The molecule has 0 amide bonds. The van der Waals surface area contributed by atoms with Gasteiger partial charge in [0.2, 0.25) is 5.60 Å². The number of hydrogen-bond acceptors (Lipinski definition) is 8. The standard InChI is InChI=1S/C23H31FN4O5/c1-4-6-7-8-9-10-11-12-17(29)32-13-23(24)20(30)22(31,5-2)21(33-23)28-15-27-18-16(3)25-14-26-19(18)28/h2,14-15,20-21,30-31H,4,6-13H2,1,3H3/t20-,21+,22+,23+/m0/s1. The summed E-state index contributed by atoms with van der Waals surface area (Å²) in [4.78, 5) is 24.4. The Bertz CT molecular complexity index is 1010. The van der Waals surface area contributed by atoms with E-state index in [0.29, 0.717) is 17.6 Å². The van der Waals surface area contributed by atoms with Crippen molar-refractivity contribution in [3.8, 4) is 12.3 Å². The summed E-state index contributed by atoms with van der Waals surface area (Å²) < 4.78 is 27.2. The third kappa shape index (κ3) is 5.16. The van der Waals surface area contributed by atoms with Gasteiger partial charge in [-0.15, -0.1) is 6.42 Å². The summed E-state index contributed by atoms with van der Waals surface area (Å²) in [6.07, 6.45) is 11.6. The fraction of sp³-hybridized carbons (Fsp3) is 0.652. The van der Waals surface area contributed by atoms with Crippen LogP contribution < -0.4 is 0 Å². The zero-order valence-corrected chi connectivity index (χ0v) is 19.0. The van der Waals surface area contributed by atoms with Crippen LogP contribution in [0.2, 0.25) is 0 Å². The molecule has 2 aromatic rings. The van der Waals surface area contributed by atoms with E-state index in [-0.39, 0.29) is 12.1 Å².